The Morgan fingerprint density at radius 2 is 1.62 bits per heavy atom. The first-order chi connectivity index (χ1) is 14.1. The van der Waals surface area contributed by atoms with E-state index in [1.165, 1.54) is 0 Å². The molecule has 4 nitrogen and oxygen atoms in total. The molecule has 2 heterocycles. The fraction of sp³-hybridized carbons (Fsp3) is 0.0435. The van der Waals surface area contributed by atoms with E-state index in [2.05, 4.69) is 5.32 Å². The van der Waals surface area contributed by atoms with Gasteiger partial charge in [-0.15, -0.1) is 0 Å². The van der Waals surface area contributed by atoms with Crippen molar-refractivity contribution in [1.29, 1.82) is 0 Å². The maximum absolute atomic E-state index is 13.6. The van der Waals surface area contributed by atoms with E-state index in [4.69, 9.17) is 28.2 Å². The molecule has 1 amide bonds. The molecular weight excluding hydrogens is 405 g/mol. The van der Waals surface area contributed by atoms with Gasteiger partial charge in [0.25, 0.3) is 5.91 Å². The number of carbonyl (C=O) groups excluding carboxylic acids is 1. The molecule has 1 aliphatic rings. The van der Waals surface area contributed by atoms with Gasteiger partial charge in [0.05, 0.1) is 11.1 Å². The van der Waals surface area contributed by atoms with Gasteiger partial charge in [0.2, 0.25) is 0 Å². The van der Waals surface area contributed by atoms with E-state index in [-0.39, 0.29) is 5.91 Å². The van der Waals surface area contributed by atoms with E-state index in [0.29, 0.717) is 27.1 Å². The van der Waals surface area contributed by atoms with Crippen molar-refractivity contribution < 1.29 is 4.79 Å². The molecule has 6 heteroatoms. The van der Waals surface area contributed by atoms with Gasteiger partial charge in [-0.2, -0.15) is 0 Å². The summed E-state index contributed by atoms with van der Waals surface area (Å²) < 4.78 is 0. The van der Waals surface area contributed by atoms with Crippen LogP contribution in [-0.4, -0.2) is 10.9 Å². The SMILES string of the molecule is O=C1c2cc3ccccc3nc2N[C@@H](c2cccc(Cl)c2)N1c1cccc(Cl)c1. The van der Waals surface area contributed by atoms with Gasteiger partial charge in [-0.3, -0.25) is 9.69 Å². The number of hydrogen-bond donors (Lipinski definition) is 1. The van der Waals surface area contributed by atoms with E-state index >= 15 is 0 Å². The molecule has 0 saturated heterocycles. The zero-order valence-electron chi connectivity index (χ0n) is 15.1. The largest absolute Gasteiger partial charge is 0.345 e. The summed E-state index contributed by atoms with van der Waals surface area (Å²) in [5, 5.41) is 5.49. The van der Waals surface area contributed by atoms with Crippen LogP contribution in [0.4, 0.5) is 11.5 Å². The van der Waals surface area contributed by atoms with Gasteiger partial charge < -0.3 is 5.32 Å². The molecule has 0 saturated carbocycles. The van der Waals surface area contributed by atoms with Gasteiger partial charge >= 0.3 is 0 Å². The predicted octanol–water partition coefficient (Wildman–Crippen LogP) is 6.31. The monoisotopic (exact) mass is 419 g/mol. The van der Waals surface area contributed by atoms with E-state index in [9.17, 15) is 4.79 Å². The molecular formula is C23H15Cl2N3O. The highest BCUT2D eigenvalue weighted by atomic mass is 35.5. The summed E-state index contributed by atoms with van der Waals surface area (Å²) in [4.78, 5) is 20.0. The first kappa shape index (κ1) is 18.0. The zero-order chi connectivity index (χ0) is 20.0. The fourth-order valence-electron chi connectivity index (χ4n) is 3.63. The average Bonchev–Trinajstić information content (AvgIpc) is 2.72. The molecule has 0 unspecified atom stereocenters. The molecule has 1 aromatic heterocycles. The molecule has 5 rings (SSSR count). The van der Waals surface area contributed by atoms with Crippen molar-refractivity contribution in [2.45, 2.75) is 6.17 Å². The Hall–Kier alpha value is -3.08. The number of rotatable bonds is 2. The zero-order valence-corrected chi connectivity index (χ0v) is 16.7. The number of halogens is 2. The highest BCUT2D eigenvalue weighted by Crippen LogP contribution is 2.38. The lowest BCUT2D eigenvalue weighted by Crippen LogP contribution is -2.43. The molecule has 3 aromatic carbocycles. The van der Waals surface area contributed by atoms with Crippen molar-refractivity contribution in [3.05, 3.63) is 100 Å². The normalized spacial score (nSPS) is 15.9. The Kier molecular flexibility index (Phi) is 4.38. The van der Waals surface area contributed by atoms with Crippen molar-refractivity contribution in [3.8, 4) is 0 Å². The highest BCUT2D eigenvalue weighted by molar-refractivity contribution is 6.31. The quantitative estimate of drug-likeness (QED) is 0.413. The fourth-order valence-corrected chi connectivity index (χ4v) is 4.01. The summed E-state index contributed by atoms with van der Waals surface area (Å²) in [5.41, 5.74) is 2.89. The van der Waals surface area contributed by atoms with Gasteiger partial charge in [-0.05, 0) is 48.0 Å². The third-order valence-electron chi connectivity index (χ3n) is 4.96. The maximum atomic E-state index is 13.6. The number of nitrogens with one attached hydrogen (secondary N) is 1. The van der Waals surface area contributed by atoms with Crippen molar-refractivity contribution in [1.82, 2.24) is 4.98 Å². The summed E-state index contributed by atoms with van der Waals surface area (Å²) in [5.74, 6) is 0.404. The number of benzene rings is 3. The van der Waals surface area contributed by atoms with Crippen LogP contribution < -0.4 is 10.2 Å². The summed E-state index contributed by atoms with van der Waals surface area (Å²) >= 11 is 12.4. The minimum atomic E-state index is -0.471. The van der Waals surface area contributed by atoms with Crippen molar-refractivity contribution in [2.75, 3.05) is 10.2 Å². The number of nitrogens with zero attached hydrogens (tertiary/aromatic N) is 2. The van der Waals surface area contributed by atoms with Crippen LogP contribution in [0.3, 0.4) is 0 Å². The van der Waals surface area contributed by atoms with Crippen LogP contribution in [0.2, 0.25) is 10.0 Å². The van der Waals surface area contributed by atoms with Gasteiger partial charge in [0.15, 0.2) is 0 Å². The molecule has 142 valence electrons. The van der Waals surface area contributed by atoms with Crippen LogP contribution >= 0.6 is 23.2 Å². The molecule has 29 heavy (non-hydrogen) atoms. The lowest BCUT2D eigenvalue weighted by atomic mass is 10.0. The van der Waals surface area contributed by atoms with Gasteiger partial charge in [-0.1, -0.05) is 59.6 Å². The average molecular weight is 420 g/mol. The summed E-state index contributed by atoms with van der Waals surface area (Å²) in [6.45, 7) is 0. The van der Waals surface area contributed by atoms with Crippen LogP contribution in [0, 0.1) is 0 Å². The number of aromatic nitrogens is 1. The molecule has 0 aliphatic carbocycles. The molecule has 1 N–H and O–H groups in total. The molecule has 1 atom stereocenters. The predicted molar refractivity (Wildman–Crippen MR) is 118 cm³/mol. The van der Waals surface area contributed by atoms with Crippen LogP contribution in [0.1, 0.15) is 22.1 Å². The van der Waals surface area contributed by atoms with Crippen LogP contribution in [-0.2, 0) is 0 Å². The number of carbonyl (C=O) groups is 1. The first-order valence-corrected chi connectivity index (χ1v) is 9.87. The Labute approximate surface area is 177 Å². The first-order valence-electron chi connectivity index (χ1n) is 9.11. The second-order valence-electron chi connectivity index (χ2n) is 6.83. The Balaban J connectivity index is 1.72. The molecule has 1 aliphatic heterocycles. The van der Waals surface area contributed by atoms with Crippen molar-refractivity contribution in [3.63, 3.8) is 0 Å². The molecule has 0 fully saturated rings. The topological polar surface area (TPSA) is 45.2 Å². The maximum Gasteiger partial charge on any atom is 0.264 e. The minimum Gasteiger partial charge on any atom is -0.345 e. The van der Waals surface area contributed by atoms with E-state index in [1.54, 1.807) is 23.1 Å². The number of fused-ring (bicyclic) bond motifs is 2. The smallest absolute Gasteiger partial charge is 0.264 e. The van der Waals surface area contributed by atoms with Crippen LogP contribution in [0.15, 0.2) is 78.9 Å². The van der Waals surface area contributed by atoms with E-state index in [1.807, 2.05) is 60.7 Å². The van der Waals surface area contributed by atoms with Crippen molar-refractivity contribution >= 4 is 51.5 Å². The highest BCUT2D eigenvalue weighted by Gasteiger charge is 2.35. The lowest BCUT2D eigenvalue weighted by Gasteiger charge is -2.37. The second kappa shape index (κ2) is 7.07. The number of amides is 1. The standard InChI is InChI=1S/C23H15Cl2N3O/c24-16-7-3-6-15(11-16)22-27-21-19(12-14-5-1-2-10-20(14)26-21)23(29)28(22)18-9-4-8-17(25)13-18/h1-13,22H,(H,26,27)/t22-/m1/s1. The minimum absolute atomic E-state index is 0.149. The van der Waals surface area contributed by atoms with E-state index < -0.39 is 6.17 Å². The third-order valence-corrected chi connectivity index (χ3v) is 5.43. The number of pyridine rings is 1. The molecule has 0 spiro atoms. The van der Waals surface area contributed by atoms with Crippen LogP contribution in [0.5, 0.6) is 0 Å². The second-order valence-corrected chi connectivity index (χ2v) is 7.71. The Bertz CT molecular complexity index is 1260. The number of hydrogen-bond acceptors (Lipinski definition) is 3. The molecule has 4 aromatic rings. The van der Waals surface area contributed by atoms with Gasteiger partial charge in [-0.25, -0.2) is 4.98 Å². The van der Waals surface area contributed by atoms with Gasteiger partial charge in [0.1, 0.15) is 12.0 Å². The molecule has 0 bridgehead atoms. The lowest BCUT2D eigenvalue weighted by molar-refractivity contribution is 0.0974. The van der Waals surface area contributed by atoms with E-state index in [0.717, 1.165) is 16.5 Å². The number of anilines is 2. The third kappa shape index (κ3) is 3.20. The van der Waals surface area contributed by atoms with Crippen molar-refractivity contribution in [2.24, 2.45) is 0 Å². The summed E-state index contributed by atoms with van der Waals surface area (Å²) in [6.07, 6.45) is -0.471. The Morgan fingerprint density at radius 3 is 2.41 bits per heavy atom. The van der Waals surface area contributed by atoms with Crippen LogP contribution in [0.25, 0.3) is 10.9 Å². The molecule has 0 radical (unpaired) electrons. The number of para-hydroxylation sites is 1. The summed E-state index contributed by atoms with van der Waals surface area (Å²) in [6, 6.07) is 24.3. The van der Waals surface area contributed by atoms with Gasteiger partial charge in [0, 0.05) is 21.1 Å². The summed E-state index contributed by atoms with van der Waals surface area (Å²) in [7, 11) is 0. The Morgan fingerprint density at radius 1 is 0.862 bits per heavy atom.